The highest BCUT2D eigenvalue weighted by atomic mass is 32.1. The van der Waals surface area contributed by atoms with Gasteiger partial charge in [0.25, 0.3) is 0 Å². The van der Waals surface area contributed by atoms with Crippen LogP contribution < -0.4 is 4.74 Å². The molecule has 0 fully saturated rings. The summed E-state index contributed by atoms with van der Waals surface area (Å²) >= 11 is 1.63. The van der Waals surface area contributed by atoms with Gasteiger partial charge >= 0.3 is 5.97 Å². The lowest BCUT2D eigenvalue weighted by atomic mass is 10.0. The monoisotopic (exact) mass is 428 g/mol. The van der Waals surface area contributed by atoms with E-state index in [2.05, 4.69) is 11.4 Å². The number of hydrogen-bond donors (Lipinski definition) is 0. The van der Waals surface area contributed by atoms with E-state index in [-0.39, 0.29) is 5.97 Å². The van der Waals surface area contributed by atoms with Crippen LogP contribution in [0.25, 0.3) is 16.8 Å². The molecule has 154 valence electrons. The van der Waals surface area contributed by atoms with Crippen LogP contribution in [0.15, 0.2) is 77.8 Å². The van der Waals surface area contributed by atoms with Crippen molar-refractivity contribution >= 4 is 17.3 Å². The quantitative estimate of drug-likeness (QED) is 0.347. The van der Waals surface area contributed by atoms with Crippen LogP contribution in [-0.4, -0.2) is 17.1 Å². The Morgan fingerprint density at radius 1 is 1.06 bits per heavy atom. The van der Waals surface area contributed by atoms with Gasteiger partial charge < -0.3 is 14.0 Å². The molecule has 5 nitrogen and oxygen atoms in total. The highest BCUT2D eigenvalue weighted by molar-refractivity contribution is 7.07. The first-order valence-corrected chi connectivity index (χ1v) is 10.8. The third kappa shape index (κ3) is 4.52. The number of esters is 1. The molecule has 0 unspecified atom stereocenters. The van der Waals surface area contributed by atoms with Crippen LogP contribution in [0.1, 0.15) is 28.4 Å². The van der Waals surface area contributed by atoms with Crippen molar-refractivity contribution in [3.05, 3.63) is 94.4 Å². The number of benzene rings is 2. The van der Waals surface area contributed by atoms with Gasteiger partial charge in [-0.1, -0.05) is 18.2 Å². The molecule has 4 aromatic rings. The summed E-state index contributed by atoms with van der Waals surface area (Å²) < 4.78 is 13.0. The Hall–Kier alpha value is -3.82. The van der Waals surface area contributed by atoms with E-state index in [1.54, 1.807) is 36.6 Å². The van der Waals surface area contributed by atoms with Gasteiger partial charge in [0, 0.05) is 29.2 Å². The van der Waals surface area contributed by atoms with Crippen LogP contribution in [0, 0.1) is 11.3 Å². The van der Waals surface area contributed by atoms with Gasteiger partial charge in [0.05, 0.1) is 17.7 Å². The third-order valence-electron chi connectivity index (χ3n) is 4.78. The number of carbonyl (C=O) groups is 1. The van der Waals surface area contributed by atoms with Crippen molar-refractivity contribution in [2.45, 2.75) is 13.5 Å². The normalized spacial score (nSPS) is 10.5. The van der Waals surface area contributed by atoms with E-state index in [1.165, 1.54) is 0 Å². The summed E-state index contributed by atoms with van der Waals surface area (Å²) in [4.78, 5) is 11.9. The Morgan fingerprint density at radius 3 is 2.58 bits per heavy atom. The molecule has 4 rings (SSSR count). The number of nitrogens with zero attached hydrogens (tertiary/aromatic N) is 2. The summed E-state index contributed by atoms with van der Waals surface area (Å²) in [6, 6.07) is 19.1. The zero-order valence-electron chi connectivity index (χ0n) is 16.9. The van der Waals surface area contributed by atoms with E-state index in [1.807, 2.05) is 58.6 Å². The molecule has 0 aliphatic heterocycles. The van der Waals surface area contributed by atoms with E-state index in [0.717, 1.165) is 28.1 Å². The molecule has 0 radical (unpaired) electrons. The second-order valence-electron chi connectivity index (χ2n) is 6.79. The number of rotatable bonds is 7. The van der Waals surface area contributed by atoms with Crippen molar-refractivity contribution in [1.82, 2.24) is 4.57 Å². The second-order valence-corrected chi connectivity index (χ2v) is 7.57. The first-order valence-electron chi connectivity index (χ1n) is 9.82. The fourth-order valence-corrected chi connectivity index (χ4v) is 3.90. The van der Waals surface area contributed by atoms with E-state index in [0.29, 0.717) is 24.3 Å². The smallest absolute Gasteiger partial charge is 0.338 e. The minimum Gasteiger partial charge on any atom is -0.488 e. The lowest BCUT2D eigenvalue weighted by Crippen LogP contribution is -2.04. The predicted octanol–water partition coefficient (Wildman–Crippen LogP) is 5.83. The number of thiophene rings is 1. The van der Waals surface area contributed by atoms with Gasteiger partial charge in [-0.15, -0.1) is 0 Å². The van der Waals surface area contributed by atoms with Gasteiger partial charge in [0.2, 0.25) is 0 Å². The molecule has 2 aromatic carbocycles. The Labute approximate surface area is 184 Å². The van der Waals surface area contributed by atoms with E-state index in [9.17, 15) is 10.1 Å². The molecular weight excluding hydrogens is 408 g/mol. The van der Waals surface area contributed by atoms with Crippen LogP contribution in [0.3, 0.4) is 0 Å². The van der Waals surface area contributed by atoms with Crippen LogP contribution in [0.2, 0.25) is 0 Å². The van der Waals surface area contributed by atoms with Crippen molar-refractivity contribution in [2.75, 3.05) is 6.61 Å². The second kappa shape index (κ2) is 9.33. The fraction of sp³-hybridized carbons (Fsp3) is 0.120. The SMILES string of the molecule is CCOC(=O)c1ccc(-n2cc(C#N)c(-c3ccccc3OCc3ccsc3)c2)cc1. The molecular formula is C25H20N2O3S. The maximum Gasteiger partial charge on any atom is 0.338 e. The van der Waals surface area contributed by atoms with Crippen molar-refractivity contribution in [2.24, 2.45) is 0 Å². The molecule has 0 bridgehead atoms. The minimum atomic E-state index is -0.350. The molecule has 0 saturated carbocycles. The Morgan fingerprint density at radius 2 is 1.87 bits per heavy atom. The molecule has 0 N–H and O–H groups in total. The summed E-state index contributed by atoms with van der Waals surface area (Å²) in [6.07, 6.45) is 3.69. The molecule has 0 spiro atoms. The van der Waals surface area contributed by atoms with E-state index < -0.39 is 0 Å². The lowest BCUT2D eigenvalue weighted by molar-refractivity contribution is 0.0526. The first-order chi connectivity index (χ1) is 15.2. The Balaban J connectivity index is 1.64. The van der Waals surface area contributed by atoms with E-state index in [4.69, 9.17) is 9.47 Å². The van der Waals surface area contributed by atoms with Crippen molar-refractivity contribution < 1.29 is 14.3 Å². The van der Waals surface area contributed by atoms with Crippen LogP contribution in [0.5, 0.6) is 5.75 Å². The summed E-state index contributed by atoms with van der Waals surface area (Å²) in [6.45, 7) is 2.58. The van der Waals surface area contributed by atoms with Gasteiger partial charge in [-0.3, -0.25) is 0 Å². The largest absolute Gasteiger partial charge is 0.488 e. The van der Waals surface area contributed by atoms with Crippen LogP contribution in [0.4, 0.5) is 0 Å². The number of nitriles is 1. The van der Waals surface area contributed by atoms with Crippen molar-refractivity contribution in [3.8, 4) is 28.6 Å². The number of ether oxygens (including phenoxy) is 2. The van der Waals surface area contributed by atoms with Gasteiger partial charge in [-0.2, -0.15) is 16.6 Å². The average Bonchev–Trinajstić information content (AvgIpc) is 3.48. The molecule has 2 heterocycles. The fourth-order valence-electron chi connectivity index (χ4n) is 3.24. The third-order valence-corrected chi connectivity index (χ3v) is 5.51. The number of carbonyl (C=O) groups excluding carboxylic acids is 1. The van der Waals surface area contributed by atoms with Crippen LogP contribution in [-0.2, 0) is 11.3 Å². The molecule has 0 aliphatic rings. The number of para-hydroxylation sites is 1. The lowest BCUT2D eigenvalue weighted by Gasteiger charge is -2.10. The van der Waals surface area contributed by atoms with Crippen LogP contribution >= 0.6 is 11.3 Å². The maximum absolute atomic E-state index is 11.9. The maximum atomic E-state index is 11.9. The standard InChI is InChI=1S/C25H20N2O3S/c1-2-29-25(28)19-7-9-21(10-8-19)27-14-20(13-26)23(15-27)22-5-3-4-6-24(22)30-16-18-11-12-31-17-18/h3-12,14-15,17H,2,16H2,1H3. The number of aromatic nitrogens is 1. The summed E-state index contributed by atoms with van der Waals surface area (Å²) in [5, 5.41) is 13.8. The molecule has 2 aromatic heterocycles. The van der Waals surface area contributed by atoms with Crippen molar-refractivity contribution in [1.29, 1.82) is 5.26 Å². The zero-order valence-corrected chi connectivity index (χ0v) is 17.8. The average molecular weight is 429 g/mol. The molecule has 0 aliphatic carbocycles. The highest BCUT2D eigenvalue weighted by Gasteiger charge is 2.15. The molecule has 6 heteroatoms. The summed E-state index contributed by atoms with van der Waals surface area (Å²) in [5.74, 6) is 0.372. The molecule has 0 saturated heterocycles. The first kappa shape index (κ1) is 20.5. The zero-order chi connectivity index (χ0) is 21.6. The van der Waals surface area contributed by atoms with Gasteiger partial charge in [-0.05, 0) is 59.6 Å². The minimum absolute atomic E-state index is 0.334. The Bertz CT molecular complexity index is 1220. The van der Waals surface area contributed by atoms with E-state index >= 15 is 0 Å². The topological polar surface area (TPSA) is 64.2 Å². The summed E-state index contributed by atoms with van der Waals surface area (Å²) in [5.41, 5.74) is 4.63. The highest BCUT2D eigenvalue weighted by Crippen LogP contribution is 2.34. The predicted molar refractivity (Wildman–Crippen MR) is 121 cm³/mol. The molecule has 0 atom stereocenters. The Kier molecular flexibility index (Phi) is 6.16. The van der Waals surface area contributed by atoms with Gasteiger partial charge in [0.1, 0.15) is 18.4 Å². The van der Waals surface area contributed by atoms with Gasteiger partial charge in [-0.25, -0.2) is 4.79 Å². The van der Waals surface area contributed by atoms with Gasteiger partial charge in [0.15, 0.2) is 0 Å². The number of hydrogen-bond acceptors (Lipinski definition) is 5. The molecule has 31 heavy (non-hydrogen) atoms. The van der Waals surface area contributed by atoms with Crippen molar-refractivity contribution in [3.63, 3.8) is 0 Å². The molecule has 0 amide bonds. The summed E-state index contributed by atoms with van der Waals surface area (Å²) in [7, 11) is 0.